The summed E-state index contributed by atoms with van der Waals surface area (Å²) in [5.41, 5.74) is 0. The monoisotopic (exact) mass is 335 g/mol. The number of alkyl carbamates (subject to hydrolysis) is 1. The van der Waals surface area contributed by atoms with Crippen molar-refractivity contribution in [1.82, 2.24) is 5.32 Å². The molecule has 0 saturated heterocycles. The molecule has 1 amide bonds. The van der Waals surface area contributed by atoms with E-state index in [1.807, 2.05) is 6.92 Å². The van der Waals surface area contributed by atoms with Crippen molar-refractivity contribution in [3.63, 3.8) is 0 Å². The summed E-state index contributed by atoms with van der Waals surface area (Å²) in [7, 11) is 0. The predicted molar refractivity (Wildman–Crippen MR) is 63.9 cm³/mol. The summed E-state index contributed by atoms with van der Waals surface area (Å²) >= 11 is 7.40. The van der Waals surface area contributed by atoms with Gasteiger partial charge in [-0.1, -0.05) is 13.3 Å². The van der Waals surface area contributed by atoms with Gasteiger partial charge in [-0.3, -0.25) is 0 Å². The summed E-state index contributed by atoms with van der Waals surface area (Å²) in [6.45, 7) is 2.14. The Labute approximate surface area is 102 Å². The first-order valence-electron chi connectivity index (χ1n) is 4.42. The number of carbonyl (C=O) groups is 1. The molecule has 14 heavy (non-hydrogen) atoms. The lowest BCUT2D eigenvalue weighted by Gasteiger charge is -2.12. The molecule has 0 aliphatic carbocycles. The van der Waals surface area contributed by atoms with E-state index in [9.17, 15) is 4.79 Å². The summed E-state index contributed by atoms with van der Waals surface area (Å²) in [4.78, 5) is 11.1. The fraction of sp³-hybridized carbons (Fsp3) is 0.875. The number of aliphatic hydroxyl groups excluding tert-OH is 1. The number of ether oxygens (including phenoxy) is 1. The fourth-order valence-electron chi connectivity index (χ4n) is 0.699. The van der Waals surface area contributed by atoms with Crippen LogP contribution in [-0.2, 0) is 4.74 Å². The van der Waals surface area contributed by atoms with Gasteiger partial charge in [0.25, 0.3) is 0 Å². The first-order chi connectivity index (χ1) is 6.60. The molecule has 0 bridgehead atoms. The first-order valence-corrected chi connectivity index (χ1v) is 6.20. The van der Waals surface area contributed by atoms with Crippen LogP contribution in [0, 0.1) is 0 Å². The Kier molecular flexibility index (Phi) is 8.70. The van der Waals surface area contributed by atoms with Gasteiger partial charge in [0.05, 0.1) is 12.0 Å². The molecular formula is C8H15ClINO3. The third kappa shape index (κ3) is 7.64. The normalized spacial score (nSPS) is 14.6. The third-order valence-corrected chi connectivity index (χ3v) is 2.64. The van der Waals surface area contributed by atoms with Crippen molar-refractivity contribution in [3.8, 4) is 0 Å². The van der Waals surface area contributed by atoms with E-state index in [1.54, 1.807) is 0 Å². The molecule has 0 saturated carbocycles. The molecule has 4 nitrogen and oxygen atoms in total. The Balaban J connectivity index is 3.54. The second-order valence-electron chi connectivity index (χ2n) is 2.79. The Hall–Kier alpha value is 0.250. The van der Waals surface area contributed by atoms with Crippen LogP contribution in [0.15, 0.2) is 0 Å². The van der Waals surface area contributed by atoms with Crippen molar-refractivity contribution in [3.05, 3.63) is 0 Å². The smallest absolute Gasteiger partial charge is 0.408 e. The number of amides is 1. The van der Waals surface area contributed by atoms with Crippen LogP contribution < -0.4 is 5.32 Å². The lowest BCUT2D eigenvalue weighted by Crippen LogP contribution is -2.34. The van der Waals surface area contributed by atoms with Crippen LogP contribution in [-0.4, -0.2) is 33.8 Å². The SMILES string of the molecule is CCCC(I)OC(=O)NC[C@H](O)CCl. The zero-order valence-electron chi connectivity index (χ0n) is 8.00. The summed E-state index contributed by atoms with van der Waals surface area (Å²) in [6.07, 6.45) is 0.558. The number of carbonyl (C=O) groups excluding carboxylic acids is 1. The van der Waals surface area contributed by atoms with Crippen molar-refractivity contribution < 1.29 is 14.6 Å². The molecule has 0 aliphatic rings. The maximum atomic E-state index is 11.1. The molecule has 0 spiro atoms. The Bertz CT molecular complexity index is 171. The lowest BCUT2D eigenvalue weighted by molar-refractivity contribution is 0.128. The minimum absolute atomic E-state index is 0.100. The van der Waals surface area contributed by atoms with Crippen molar-refractivity contribution in [2.24, 2.45) is 0 Å². The van der Waals surface area contributed by atoms with Gasteiger partial charge in [0.1, 0.15) is 0 Å². The summed E-state index contributed by atoms with van der Waals surface area (Å²) in [5, 5.41) is 11.5. The number of rotatable bonds is 6. The highest BCUT2D eigenvalue weighted by atomic mass is 127. The van der Waals surface area contributed by atoms with E-state index in [0.29, 0.717) is 0 Å². The molecule has 0 aliphatic heterocycles. The van der Waals surface area contributed by atoms with Gasteiger partial charge in [-0.25, -0.2) is 4.79 Å². The highest BCUT2D eigenvalue weighted by Crippen LogP contribution is 2.09. The molecule has 0 aromatic rings. The van der Waals surface area contributed by atoms with Crippen molar-refractivity contribution in [1.29, 1.82) is 0 Å². The van der Waals surface area contributed by atoms with Crippen LogP contribution in [0.5, 0.6) is 0 Å². The molecule has 2 N–H and O–H groups in total. The topological polar surface area (TPSA) is 58.6 Å². The molecule has 6 heteroatoms. The number of aliphatic hydroxyl groups is 1. The molecule has 2 atom stereocenters. The van der Waals surface area contributed by atoms with E-state index < -0.39 is 12.2 Å². The molecule has 1 unspecified atom stereocenters. The quantitative estimate of drug-likeness (QED) is 0.575. The summed E-state index contributed by atoms with van der Waals surface area (Å²) in [6, 6.07) is 0. The standard InChI is InChI=1S/C8H15ClINO3/c1-2-3-7(10)14-8(13)11-5-6(12)4-9/h6-7,12H,2-5H2,1H3,(H,11,13)/t6-,7?/m1/s1. The van der Waals surface area contributed by atoms with Gasteiger partial charge in [-0.05, 0) is 29.0 Å². The van der Waals surface area contributed by atoms with E-state index >= 15 is 0 Å². The number of nitrogens with one attached hydrogen (secondary N) is 1. The molecule has 0 heterocycles. The average molecular weight is 336 g/mol. The zero-order chi connectivity index (χ0) is 11.0. The minimum atomic E-state index is -0.719. The maximum Gasteiger partial charge on any atom is 0.408 e. The predicted octanol–water partition coefficient (Wildman–Crippen LogP) is 1.87. The molecule has 0 rings (SSSR count). The number of hydrogen-bond donors (Lipinski definition) is 2. The minimum Gasteiger partial charge on any atom is -0.436 e. The zero-order valence-corrected chi connectivity index (χ0v) is 10.9. The second kappa shape index (κ2) is 8.55. The number of halogens is 2. The van der Waals surface area contributed by atoms with Gasteiger partial charge in [0, 0.05) is 6.54 Å². The van der Waals surface area contributed by atoms with E-state index in [4.69, 9.17) is 21.4 Å². The Morgan fingerprint density at radius 2 is 2.36 bits per heavy atom. The lowest BCUT2D eigenvalue weighted by atomic mass is 10.4. The van der Waals surface area contributed by atoms with Gasteiger partial charge in [-0.15, -0.1) is 11.6 Å². The summed E-state index contributed by atoms with van der Waals surface area (Å²) < 4.78 is 4.85. The van der Waals surface area contributed by atoms with Crippen LogP contribution in [0.3, 0.4) is 0 Å². The summed E-state index contributed by atoms with van der Waals surface area (Å²) in [5.74, 6) is 0.100. The van der Waals surface area contributed by atoms with E-state index in [0.717, 1.165) is 12.8 Å². The second-order valence-corrected chi connectivity index (χ2v) is 4.49. The van der Waals surface area contributed by atoms with Crippen molar-refractivity contribution >= 4 is 40.3 Å². The maximum absolute atomic E-state index is 11.1. The van der Waals surface area contributed by atoms with Crippen molar-refractivity contribution in [2.75, 3.05) is 12.4 Å². The highest BCUT2D eigenvalue weighted by Gasteiger charge is 2.10. The Morgan fingerprint density at radius 3 is 2.86 bits per heavy atom. The van der Waals surface area contributed by atoms with Crippen LogP contribution >= 0.6 is 34.2 Å². The van der Waals surface area contributed by atoms with Gasteiger partial charge in [-0.2, -0.15) is 0 Å². The number of alkyl halides is 2. The molecule has 84 valence electrons. The van der Waals surface area contributed by atoms with Crippen LogP contribution in [0.2, 0.25) is 0 Å². The van der Waals surface area contributed by atoms with Crippen molar-refractivity contribution in [2.45, 2.75) is 30.0 Å². The molecule has 0 fully saturated rings. The largest absolute Gasteiger partial charge is 0.436 e. The first kappa shape index (κ1) is 14.2. The highest BCUT2D eigenvalue weighted by molar-refractivity contribution is 14.1. The van der Waals surface area contributed by atoms with Crippen LogP contribution in [0.4, 0.5) is 4.79 Å². The fourth-order valence-corrected chi connectivity index (χ4v) is 1.66. The third-order valence-electron chi connectivity index (χ3n) is 1.41. The molecule has 0 aromatic heterocycles. The number of hydrogen-bond acceptors (Lipinski definition) is 3. The Morgan fingerprint density at radius 1 is 1.71 bits per heavy atom. The van der Waals surface area contributed by atoms with E-state index in [-0.39, 0.29) is 16.5 Å². The van der Waals surface area contributed by atoms with E-state index in [2.05, 4.69) is 27.9 Å². The molecule has 0 aromatic carbocycles. The average Bonchev–Trinajstić information content (AvgIpc) is 2.14. The van der Waals surface area contributed by atoms with Gasteiger partial charge in [0.2, 0.25) is 0 Å². The van der Waals surface area contributed by atoms with Crippen LogP contribution in [0.1, 0.15) is 19.8 Å². The van der Waals surface area contributed by atoms with E-state index in [1.165, 1.54) is 0 Å². The molecule has 0 radical (unpaired) electrons. The van der Waals surface area contributed by atoms with Gasteiger partial charge < -0.3 is 15.2 Å². The van der Waals surface area contributed by atoms with Crippen LogP contribution in [0.25, 0.3) is 0 Å². The van der Waals surface area contributed by atoms with Gasteiger partial charge in [0.15, 0.2) is 4.11 Å². The molecular weight excluding hydrogens is 320 g/mol. The van der Waals surface area contributed by atoms with Gasteiger partial charge >= 0.3 is 6.09 Å².